The molecule has 3 heterocycles. The minimum Gasteiger partial charge on any atom is -0.332 e. The Balaban J connectivity index is 1.81. The number of H-pyrrole nitrogens is 1. The highest BCUT2D eigenvalue weighted by molar-refractivity contribution is 6.00. The molecule has 0 fully saturated rings. The average Bonchev–Trinajstić information content (AvgIpc) is 2.70. The molecule has 0 aromatic carbocycles. The highest BCUT2D eigenvalue weighted by Gasteiger charge is 2.18. The van der Waals surface area contributed by atoms with Gasteiger partial charge < -0.3 is 10.2 Å². The fraction of sp³-hybridized carbons (Fsp3) is 0.300. The molecule has 0 unspecified atom stereocenters. The van der Waals surface area contributed by atoms with Gasteiger partial charge in [0.15, 0.2) is 0 Å². The largest absolute Gasteiger partial charge is 0.332 e. The highest BCUT2D eigenvalue weighted by atomic mass is 16.2. The van der Waals surface area contributed by atoms with Crippen molar-refractivity contribution in [3.63, 3.8) is 0 Å². The molecule has 156 valence electrons. The fourth-order valence-corrected chi connectivity index (χ4v) is 3.01. The van der Waals surface area contributed by atoms with Crippen molar-refractivity contribution in [2.75, 3.05) is 18.9 Å². The van der Waals surface area contributed by atoms with Crippen LogP contribution in [-0.4, -0.2) is 49.8 Å². The van der Waals surface area contributed by atoms with Gasteiger partial charge in [0, 0.05) is 26.0 Å². The summed E-state index contributed by atoms with van der Waals surface area (Å²) >= 11 is 0. The van der Waals surface area contributed by atoms with Gasteiger partial charge in [-0.05, 0) is 37.1 Å². The molecule has 10 heteroatoms. The smallest absolute Gasteiger partial charge is 0.329 e. The van der Waals surface area contributed by atoms with Gasteiger partial charge in [0.25, 0.3) is 11.5 Å². The zero-order valence-corrected chi connectivity index (χ0v) is 16.9. The third-order valence-corrected chi connectivity index (χ3v) is 4.44. The summed E-state index contributed by atoms with van der Waals surface area (Å²) in [4.78, 5) is 60.8. The molecule has 3 aromatic rings. The maximum absolute atomic E-state index is 12.7. The lowest BCUT2D eigenvalue weighted by atomic mass is 10.2. The predicted molar refractivity (Wildman–Crippen MR) is 111 cm³/mol. The number of carbonyl (C=O) groups excluding carboxylic acids is 2. The quantitative estimate of drug-likeness (QED) is 0.621. The number of amides is 2. The van der Waals surface area contributed by atoms with Crippen molar-refractivity contribution in [2.45, 2.75) is 26.8 Å². The second-order valence-electron chi connectivity index (χ2n) is 6.93. The number of aryl methyl sites for hydroxylation is 2. The molecule has 2 N–H and O–H groups in total. The number of nitrogens with one attached hydrogen (secondary N) is 2. The van der Waals surface area contributed by atoms with Gasteiger partial charge in [-0.3, -0.25) is 23.9 Å². The number of fused-ring (bicyclic) bond motifs is 1. The number of aromatic amines is 1. The monoisotopic (exact) mass is 410 g/mol. The summed E-state index contributed by atoms with van der Waals surface area (Å²) in [5.74, 6) is -0.495. The number of anilines is 1. The van der Waals surface area contributed by atoms with E-state index in [1.165, 1.54) is 28.8 Å². The number of hydrogen-bond acceptors (Lipinski definition) is 6. The predicted octanol–water partition coefficient (Wildman–Crippen LogP) is 0.909. The molecule has 0 atom stereocenters. The molecule has 10 nitrogen and oxygen atoms in total. The maximum atomic E-state index is 12.7. The van der Waals surface area contributed by atoms with Crippen LogP contribution in [0.15, 0.2) is 40.2 Å². The van der Waals surface area contributed by atoms with Crippen LogP contribution in [0.1, 0.15) is 29.3 Å². The van der Waals surface area contributed by atoms with E-state index in [9.17, 15) is 19.2 Å². The normalized spacial score (nSPS) is 10.8. The lowest BCUT2D eigenvalue weighted by molar-refractivity contribution is -0.116. The molecule has 0 aliphatic carbocycles. The Hall–Kier alpha value is -3.82. The zero-order chi connectivity index (χ0) is 21.8. The van der Waals surface area contributed by atoms with Crippen molar-refractivity contribution in [2.24, 2.45) is 0 Å². The van der Waals surface area contributed by atoms with Crippen LogP contribution in [-0.2, 0) is 11.3 Å². The number of likely N-dealkylation sites (N-methyl/N-ethyl adjacent to an activating group) is 1. The van der Waals surface area contributed by atoms with Crippen LogP contribution in [0.25, 0.3) is 11.0 Å². The van der Waals surface area contributed by atoms with Gasteiger partial charge in [0.1, 0.15) is 11.5 Å². The van der Waals surface area contributed by atoms with Crippen LogP contribution in [0.2, 0.25) is 0 Å². The van der Waals surface area contributed by atoms with Crippen molar-refractivity contribution in [1.29, 1.82) is 0 Å². The maximum Gasteiger partial charge on any atom is 0.329 e. The molecule has 0 aliphatic heterocycles. The van der Waals surface area contributed by atoms with E-state index in [0.717, 1.165) is 5.56 Å². The van der Waals surface area contributed by atoms with Crippen molar-refractivity contribution >= 4 is 28.7 Å². The van der Waals surface area contributed by atoms with E-state index < -0.39 is 23.1 Å². The van der Waals surface area contributed by atoms with Gasteiger partial charge in [-0.1, -0.05) is 6.92 Å². The number of carbonyl (C=O) groups is 2. The third-order valence-electron chi connectivity index (χ3n) is 4.44. The first-order valence-electron chi connectivity index (χ1n) is 9.41. The van der Waals surface area contributed by atoms with Gasteiger partial charge in [-0.25, -0.2) is 14.8 Å². The second-order valence-corrected chi connectivity index (χ2v) is 6.93. The summed E-state index contributed by atoms with van der Waals surface area (Å²) in [6, 6.07) is 4.90. The minimum absolute atomic E-state index is 0.135. The Morgan fingerprint density at radius 1 is 1.23 bits per heavy atom. The summed E-state index contributed by atoms with van der Waals surface area (Å²) in [6.07, 6.45) is 3.56. The molecular weight excluding hydrogens is 388 g/mol. The van der Waals surface area contributed by atoms with Crippen molar-refractivity contribution < 1.29 is 9.59 Å². The summed E-state index contributed by atoms with van der Waals surface area (Å²) in [5.41, 5.74) is 0.139. The Bertz CT molecular complexity index is 1230. The molecule has 0 saturated carbocycles. The van der Waals surface area contributed by atoms with Crippen LogP contribution < -0.4 is 16.6 Å². The summed E-state index contributed by atoms with van der Waals surface area (Å²) < 4.78 is 1.36. The summed E-state index contributed by atoms with van der Waals surface area (Å²) in [7, 11) is 1.47. The highest BCUT2D eigenvalue weighted by Crippen LogP contribution is 2.11. The number of hydrogen-bond donors (Lipinski definition) is 2. The molecule has 3 aromatic heterocycles. The topological polar surface area (TPSA) is 130 Å². The minimum atomic E-state index is -0.615. The standard InChI is InChI=1S/C20H22N6O4/c1-4-7-26-17-14(18(28)24-20(26)30)9-13(10-22-17)19(29)25(3)11-16(27)23-15-8-12(2)5-6-21-15/h5-6,8-10H,4,7,11H2,1-3H3,(H,21,23,27)(H,24,28,30). The molecule has 0 aliphatic rings. The first kappa shape index (κ1) is 20.9. The van der Waals surface area contributed by atoms with Crippen molar-refractivity contribution in [3.05, 3.63) is 62.6 Å². The number of nitrogens with zero attached hydrogens (tertiary/aromatic N) is 4. The Morgan fingerprint density at radius 3 is 2.70 bits per heavy atom. The van der Waals surface area contributed by atoms with Gasteiger partial charge in [-0.15, -0.1) is 0 Å². The van der Waals surface area contributed by atoms with Gasteiger partial charge in [0.05, 0.1) is 17.5 Å². The van der Waals surface area contributed by atoms with Crippen LogP contribution in [0, 0.1) is 6.92 Å². The summed E-state index contributed by atoms with van der Waals surface area (Å²) in [5, 5.41) is 2.77. The number of rotatable bonds is 6. The SMILES string of the molecule is CCCn1c(=O)[nH]c(=O)c2cc(C(=O)N(C)CC(=O)Nc3cc(C)ccn3)cnc21. The Labute approximate surface area is 171 Å². The van der Waals surface area contributed by atoms with Gasteiger partial charge >= 0.3 is 5.69 Å². The average molecular weight is 410 g/mol. The van der Waals surface area contributed by atoms with E-state index in [1.54, 1.807) is 18.3 Å². The third kappa shape index (κ3) is 4.43. The molecule has 30 heavy (non-hydrogen) atoms. The van der Waals surface area contributed by atoms with Crippen LogP contribution in [0.5, 0.6) is 0 Å². The Morgan fingerprint density at radius 2 is 2.00 bits per heavy atom. The molecule has 0 bridgehead atoms. The molecule has 0 radical (unpaired) electrons. The fourth-order valence-electron chi connectivity index (χ4n) is 3.01. The Kier molecular flexibility index (Phi) is 6.05. The molecule has 0 spiro atoms. The second kappa shape index (κ2) is 8.68. The van der Waals surface area contributed by atoms with E-state index in [0.29, 0.717) is 18.8 Å². The molecule has 2 amide bonds. The van der Waals surface area contributed by atoms with Crippen LogP contribution in [0.3, 0.4) is 0 Å². The van der Waals surface area contributed by atoms with Crippen molar-refractivity contribution in [1.82, 2.24) is 24.4 Å². The first-order valence-corrected chi connectivity index (χ1v) is 9.41. The first-order chi connectivity index (χ1) is 14.3. The van der Waals surface area contributed by atoms with E-state index in [2.05, 4.69) is 20.3 Å². The molecular formula is C20H22N6O4. The van der Waals surface area contributed by atoms with Gasteiger partial charge in [-0.2, -0.15) is 0 Å². The zero-order valence-electron chi connectivity index (χ0n) is 16.9. The van der Waals surface area contributed by atoms with E-state index in [4.69, 9.17) is 0 Å². The van der Waals surface area contributed by atoms with E-state index in [1.807, 2.05) is 13.8 Å². The van der Waals surface area contributed by atoms with E-state index in [-0.39, 0.29) is 23.1 Å². The molecule has 3 rings (SSSR count). The number of aromatic nitrogens is 4. The lowest BCUT2D eigenvalue weighted by Crippen LogP contribution is -2.35. The van der Waals surface area contributed by atoms with E-state index >= 15 is 0 Å². The van der Waals surface area contributed by atoms with Crippen LogP contribution in [0.4, 0.5) is 5.82 Å². The van der Waals surface area contributed by atoms with Crippen molar-refractivity contribution in [3.8, 4) is 0 Å². The van der Waals surface area contributed by atoms with Gasteiger partial charge in [0.2, 0.25) is 5.91 Å². The molecule has 0 saturated heterocycles. The van der Waals surface area contributed by atoms with Crippen LogP contribution >= 0.6 is 0 Å². The lowest BCUT2D eigenvalue weighted by Gasteiger charge is -2.17. The summed E-state index contributed by atoms with van der Waals surface area (Å²) in [6.45, 7) is 3.95. The number of pyridine rings is 2.